The molecule has 0 bridgehead atoms. The highest BCUT2D eigenvalue weighted by Gasteiger charge is 2.26. The normalized spacial score (nSPS) is 18.1. The highest BCUT2D eigenvalue weighted by molar-refractivity contribution is 6.00. The van der Waals surface area contributed by atoms with Gasteiger partial charge in [0.1, 0.15) is 5.82 Å². The van der Waals surface area contributed by atoms with Crippen LogP contribution in [0.3, 0.4) is 0 Å². The predicted molar refractivity (Wildman–Crippen MR) is 67.6 cm³/mol. The van der Waals surface area contributed by atoms with E-state index in [0.717, 1.165) is 24.0 Å². The molecule has 4 N–H and O–H groups in total. The molecule has 1 aromatic heterocycles. The Morgan fingerprint density at radius 3 is 3.05 bits per heavy atom. The largest absolute Gasteiger partial charge is 0.409 e. The van der Waals surface area contributed by atoms with Gasteiger partial charge < -0.3 is 16.3 Å². The number of rotatable bonds is 2. The molecule has 7 nitrogen and oxygen atoms in total. The Morgan fingerprint density at radius 1 is 1.50 bits per heavy atom. The maximum absolute atomic E-state index is 13.2. The Balaban J connectivity index is 1.85. The third-order valence-corrected chi connectivity index (χ3v) is 3.33. The van der Waals surface area contributed by atoms with Crippen molar-refractivity contribution in [2.45, 2.75) is 18.9 Å². The highest BCUT2D eigenvalue weighted by atomic mass is 19.1. The van der Waals surface area contributed by atoms with Crippen LogP contribution in [0.2, 0.25) is 0 Å². The molecule has 0 spiro atoms. The van der Waals surface area contributed by atoms with Crippen molar-refractivity contribution < 1.29 is 14.2 Å². The molecule has 0 amide bonds. The standard InChI is InChI=1S/C12H12FN5O2/c13-7-2-3-8-6(5-7)1-4-9(8)15-12(16-19)10-11(14)18-20-17-10/h2-3,5,9,19H,1,4H2,(H2,14,18)(H,15,16). The van der Waals surface area contributed by atoms with Crippen molar-refractivity contribution >= 4 is 11.7 Å². The van der Waals surface area contributed by atoms with Crippen molar-refractivity contribution in [1.82, 2.24) is 15.6 Å². The molecule has 1 aliphatic rings. The minimum Gasteiger partial charge on any atom is -0.409 e. The van der Waals surface area contributed by atoms with Gasteiger partial charge in [0.2, 0.25) is 0 Å². The Hall–Kier alpha value is -2.64. The fourth-order valence-electron chi connectivity index (χ4n) is 2.41. The van der Waals surface area contributed by atoms with Crippen molar-refractivity contribution in [3.8, 4) is 0 Å². The van der Waals surface area contributed by atoms with E-state index in [9.17, 15) is 4.39 Å². The fraction of sp³-hybridized carbons (Fsp3) is 0.250. The van der Waals surface area contributed by atoms with Crippen molar-refractivity contribution in [3.05, 3.63) is 40.8 Å². The summed E-state index contributed by atoms with van der Waals surface area (Å²) < 4.78 is 17.6. The minimum atomic E-state index is -0.259. The van der Waals surface area contributed by atoms with Crippen molar-refractivity contribution in [3.63, 3.8) is 0 Å². The number of nitrogens with two attached hydrogens (primary N) is 1. The van der Waals surface area contributed by atoms with Crippen LogP contribution in [0.25, 0.3) is 0 Å². The van der Waals surface area contributed by atoms with Gasteiger partial charge in [-0.2, -0.15) is 0 Å². The quantitative estimate of drug-likeness (QED) is 0.329. The zero-order valence-electron chi connectivity index (χ0n) is 10.4. The summed E-state index contributed by atoms with van der Waals surface area (Å²) in [7, 11) is 0. The second-order valence-electron chi connectivity index (χ2n) is 4.53. The molecular formula is C12H12FN5O2. The van der Waals surface area contributed by atoms with Gasteiger partial charge in [0.15, 0.2) is 17.3 Å². The smallest absolute Gasteiger partial charge is 0.199 e. The number of nitrogens with one attached hydrogen (secondary N) is 1. The summed E-state index contributed by atoms with van der Waals surface area (Å²) >= 11 is 0. The summed E-state index contributed by atoms with van der Waals surface area (Å²) in [5.41, 5.74) is 7.60. The molecule has 0 fully saturated rings. The maximum atomic E-state index is 13.2. The number of hydrogen-bond acceptors (Lipinski definition) is 6. The number of nitrogen functional groups attached to an aromatic ring is 1. The Bertz CT molecular complexity index is 670. The van der Waals surface area contributed by atoms with Crippen LogP contribution in [0.4, 0.5) is 10.2 Å². The average molecular weight is 277 g/mol. The maximum Gasteiger partial charge on any atom is 0.199 e. The average Bonchev–Trinajstić information content (AvgIpc) is 3.02. The molecule has 0 saturated carbocycles. The molecule has 3 rings (SSSR count). The first-order valence-electron chi connectivity index (χ1n) is 6.04. The molecular weight excluding hydrogens is 265 g/mol. The van der Waals surface area contributed by atoms with Gasteiger partial charge in [-0.05, 0) is 46.4 Å². The van der Waals surface area contributed by atoms with Crippen LogP contribution in [0.15, 0.2) is 28.0 Å². The van der Waals surface area contributed by atoms with E-state index >= 15 is 0 Å². The van der Waals surface area contributed by atoms with Gasteiger partial charge in [0.25, 0.3) is 0 Å². The van der Waals surface area contributed by atoms with Gasteiger partial charge in [0, 0.05) is 0 Å². The molecule has 1 atom stereocenters. The van der Waals surface area contributed by atoms with Crippen molar-refractivity contribution in [2.75, 3.05) is 5.73 Å². The second kappa shape index (κ2) is 4.80. The lowest BCUT2D eigenvalue weighted by Gasteiger charge is -2.14. The highest BCUT2D eigenvalue weighted by Crippen LogP contribution is 2.31. The van der Waals surface area contributed by atoms with E-state index in [0.29, 0.717) is 0 Å². The number of anilines is 1. The number of aryl methyl sites for hydroxylation is 1. The number of amidine groups is 1. The molecule has 2 aromatic rings. The van der Waals surface area contributed by atoms with Crippen LogP contribution in [-0.2, 0) is 6.42 Å². The lowest BCUT2D eigenvalue weighted by molar-refractivity contribution is 0.303. The van der Waals surface area contributed by atoms with E-state index in [-0.39, 0.29) is 29.2 Å². The molecule has 0 radical (unpaired) electrons. The van der Waals surface area contributed by atoms with E-state index in [1.807, 2.05) is 0 Å². The molecule has 8 heteroatoms. The van der Waals surface area contributed by atoms with Crippen LogP contribution in [0, 0.1) is 5.82 Å². The van der Waals surface area contributed by atoms with Crippen LogP contribution >= 0.6 is 0 Å². The van der Waals surface area contributed by atoms with E-state index < -0.39 is 0 Å². The third-order valence-electron chi connectivity index (χ3n) is 3.33. The first kappa shape index (κ1) is 12.4. The molecule has 1 aliphatic carbocycles. The lowest BCUT2D eigenvalue weighted by atomic mass is 10.1. The summed E-state index contributed by atoms with van der Waals surface area (Å²) in [5, 5.41) is 22.2. The number of oxime groups is 1. The van der Waals surface area contributed by atoms with Gasteiger partial charge in [-0.1, -0.05) is 11.2 Å². The first-order valence-corrected chi connectivity index (χ1v) is 6.04. The SMILES string of the molecule is Nc1nonc1/C(=N\O)NC1CCc2cc(F)ccc21. The predicted octanol–water partition coefficient (Wildman–Crippen LogP) is 1.20. The Labute approximate surface area is 113 Å². The molecule has 1 heterocycles. The van der Waals surface area contributed by atoms with Crippen LogP contribution in [0.1, 0.15) is 29.3 Å². The first-order chi connectivity index (χ1) is 9.69. The van der Waals surface area contributed by atoms with Gasteiger partial charge >= 0.3 is 0 Å². The van der Waals surface area contributed by atoms with Gasteiger partial charge in [-0.15, -0.1) is 0 Å². The van der Waals surface area contributed by atoms with Gasteiger partial charge in [-0.25, -0.2) is 9.02 Å². The summed E-state index contributed by atoms with van der Waals surface area (Å²) in [5.74, 6) is -0.154. The number of hydrogen-bond donors (Lipinski definition) is 3. The Morgan fingerprint density at radius 2 is 2.35 bits per heavy atom. The van der Waals surface area contributed by atoms with Crippen LogP contribution in [0.5, 0.6) is 0 Å². The van der Waals surface area contributed by atoms with Crippen LogP contribution < -0.4 is 11.1 Å². The van der Waals surface area contributed by atoms with Gasteiger partial charge in [-0.3, -0.25) is 0 Å². The number of aromatic nitrogens is 2. The van der Waals surface area contributed by atoms with E-state index in [1.54, 1.807) is 6.07 Å². The molecule has 104 valence electrons. The monoisotopic (exact) mass is 277 g/mol. The summed E-state index contributed by atoms with van der Waals surface area (Å²) in [6.07, 6.45) is 1.50. The summed E-state index contributed by atoms with van der Waals surface area (Å²) in [4.78, 5) is 0. The summed E-state index contributed by atoms with van der Waals surface area (Å²) in [6.45, 7) is 0. The fourth-order valence-corrected chi connectivity index (χ4v) is 2.41. The van der Waals surface area contributed by atoms with Crippen molar-refractivity contribution in [2.24, 2.45) is 5.16 Å². The van der Waals surface area contributed by atoms with E-state index in [4.69, 9.17) is 10.9 Å². The lowest BCUT2D eigenvalue weighted by Crippen LogP contribution is -2.29. The zero-order valence-corrected chi connectivity index (χ0v) is 10.4. The topological polar surface area (TPSA) is 110 Å². The molecule has 0 saturated heterocycles. The number of fused-ring (bicyclic) bond motifs is 1. The zero-order chi connectivity index (χ0) is 14.1. The number of benzene rings is 1. The molecule has 1 aromatic carbocycles. The summed E-state index contributed by atoms with van der Waals surface area (Å²) in [6, 6.07) is 4.53. The Kier molecular flexibility index (Phi) is 2.97. The second-order valence-corrected chi connectivity index (χ2v) is 4.53. The van der Waals surface area contributed by atoms with Crippen LogP contribution in [-0.4, -0.2) is 21.4 Å². The molecule has 0 aliphatic heterocycles. The number of nitrogens with zero attached hydrogens (tertiary/aromatic N) is 3. The molecule has 1 unspecified atom stereocenters. The third kappa shape index (κ3) is 2.04. The van der Waals surface area contributed by atoms with Crippen molar-refractivity contribution in [1.29, 1.82) is 0 Å². The molecule has 20 heavy (non-hydrogen) atoms. The van der Waals surface area contributed by atoms with E-state index in [1.165, 1.54) is 12.1 Å². The van der Waals surface area contributed by atoms with Gasteiger partial charge in [0.05, 0.1) is 6.04 Å². The van der Waals surface area contributed by atoms with E-state index in [2.05, 4.69) is 25.4 Å². The number of halogens is 1. The minimum absolute atomic E-state index is 0.0302.